The number of hydrogen-bond acceptors (Lipinski definition) is 9. The van der Waals surface area contributed by atoms with Crippen LogP contribution in [-0.2, 0) is 16.6 Å². The third-order valence-corrected chi connectivity index (χ3v) is 11.1. The van der Waals surface area contributed by atoms with Gasteiger partial charge in [0.05, 0.1) is 23.3 Å². The van der Waals surface area contributed by atoms with Crippen LogP contribution in [0.4, 0.5) is 10.2 Å². The molecule has 4 aromatic heterocycles. The fourth-order valence-corrected chi connectivity index (χ4v) is 8.44. The van der Waals surface area contributed by atoms with Crippen LogP contribution in [0.3, 0.4) is 0 Å². The molecule has 2 saturated heterocycles. The van der Waals surface area contributed by atoms with Gasteiger partial charge >= 0.3 is 5.69 Å². The number of imidazole rings is 1. The van der Waals surface area contributed by atoms with Crippen LogP contribution in [0.25, 0.3) is 21.9 Å². The van der Waals surface area contributed by atoms with Gasteiger partial charge in [0.15, 0.2) is 0 Å². The largest absolute Gasteiger partial charge is 0.329 e. The molecule has 6 heterocycles. The average molecular weight is 719 g/mol. The summed E-state index contributed by atoms with van der Waals surface area (Å²) in [6.07, 6.45) is 7.44. The van der Waals surface area contributed by atoms with Crippen molar-refractivity contribution in [2.24, 2.45) is 13.0 Å². The third-order valence-electron chi connectivity index (χ3n) is 11.1. The van der Waals surface area contributed by atoms with Gasteiger partial charge in [-0.2, -0.15) is 10.4 Å². The van der Waals surface area contributed by atoms with Crippen molar-refractivity contribution in [2.45, 2.75) is 69.1 Å². The Balaban J connectivity index is 0.878. The number of hydrogen-bond donors (Lipinski definition) is 2. The summed E-state index contributed by atoms with van der Waals surface area (Å²) < 4.78 is 21.0. The van der Waals surface area contributed by atoms with Crippen molar-refractivity contribution in [1.82, 2.24) is 39.1 Å². The Morgan fingerprint density at radius 1 is 1.08 bits per heavy atom. The number of rotatable bonds is 7. The van der Waals surface area contributed by atoms with E-state index >= 15 is 4.39 Å². The molecule has 5 aromatic rings. The van der Waals surface area contributed by atoms with E-state index in [2.05, 4.69) is 25.5 Å². The molecule has 3 aliphatic rings. The molecule has 1 aromatic carbocycles. The van der Waals surface area contributed by atoms with Gasteiger partial charge in [-0.15, -0.1) is 0 Å². The number of nitriles is 1. The van der Waals surface area contributed by atoms with Crippen LogP contribution >= 0.6 is 0 Å². The molecule has 1 aliphatic carbocycles. The molecule has 0 spiro atoms. The highest BCUT2D eigenvalue weighted by molar-refractivity contribution is 6.03. The van der Waals surface area contributed by atoms with Crippen LogP contribution in [0.1, 0.15) is 84.7 Å². The van der Waals surface area contributed by atoms with Crippen molar-refractivity contribution >= 4 is 45.5 Å². The summed E-state index contributed by atoms with van der Waals surface area (Å²) in [5, 5.41) is 19.8. The lowest BCUT2D eigenvalue weighted by atomic mass is 9.83. The number of aryl methyl sites for hydroxylation is 1. The zero-order chi connectivity index (χ0) is 36.8. The highest BCUT2D eigenvalue weighted by Gasteiger charge is 2.36. The number of nitrogens with zero attached hydrogens (tertiary/aromatic N) is 8. The number of imide groups is 1. The van der Waals surface area contributed by atoms with E-state index in [1.54, 1.807) is 37.5 Å². The molecule has 2 N–H and O–H groups in total. The first-order chi connectivity index (χ1) is 25.7. The lowest BCUT2D eigenvalue weighted by Gasteiger charge is -2.38. The van der Waals surface area contributed by atoms with Gasteiger partial charge in [0.1, 0.15) is 41.0 Å². The summed E-state index contributed by atoms with van der Waals surface area (Å²) >= 11 is 0. The smallest absolute Gasteiger partial charge is 0.305 e. The van der Waals surface area contributed by atoms with Crippen molar-refractivity contribution in [2.75, 3.05) is 25.0 Å². The van der Waals surface area contributed by atoms with Gasteiger partial charge in [-0.1, -0.05) is 18.2 Å². The second-order valence-corrected chi connectivity index (χ2v) is 14.5. The van der Waals surface area contributed by atoms with Gasteiger partial charge in [-0.25, -0.2) is 19.2 Å². The number of anilines is 1. The van der Waals surface area contributed by atoms with Gasteiger partial charge in [0.2, 0.25) is 11.8 Å². The highest BCUT2D eigenvalue weighted by atomic mass is 19.1. The molecule has 0 radical (unpaired) electrons. The number of piperidine rings is 2. The van der Waals surface area contributed by atoms with Crippen LogP contribution in [0.5, 0.6) is 0 Å². The van der Waals surface area contributed by atoms with Crippen molar-refractivity contribution in [3.05, 3.63) is 82.3 Å². The number of amides is 3. The van der Waals surface area contributed by atoms with Crippen molar-refractivity contribution in [3.63, 3.8) is 0 Å². The van der Waals surface area contributed by atoms with Crippen LogP contribution in [0.2, 0.25) is 0 Å². The number of likely N-dealkylation sites (tertiary alicyclic amines) is 1. The Bertz CT molecular complexity index is 2350. The van der Waals surface area contributed by atoms with Gasteiger partial charge < -0.3 is 10.2 Å². The average Bonchev–Trinajstić information content (AvgIpc) is 3.70. The Morgan fingerprint density at radius 3 is 2.66 bits per heavy atom. The number of para-hydroxylation sites is 1. The first-order valence-electron chi connectivity index (χ1n) is 18.1. The van der Waals surface area contributed by atoms with Crippen LogP contribution in [0.15, 0.2) is 59.7 Å². The predicted molar refractivity (Wildman–Crippen MR) is 193 cm³/mol. The van der Waals surface area contributed by atoms with E-state index in [4.69, 9.17) is 10.4 Å². The highest BCUT2D eigenvalue weighted by Crippen LogP contribution is 2.38. The van der Waals surface area contributed by atoms with E-state index in [0.717, 1.165) is 55.2 Å². The lowest BCUT2D eigenvalue weighted by molar-refractivity contribution is -0.135. The molecule has 272 valence electrons. The number of aromatic nitrogens is 6. The van der Waals surface area contributed by atoms with E-state index in [9.17, 15) is 19.2 Å². The zero-order valence-corrected chi connectivity index (χ0v) is 29.2. The zero-order valence-electron chi connectivity index (χ0n) is 29.2. The topological polar surface area (TPSA) is 173 Å². The molecule has 3 fully saturated rings. The number of benzene rings is 1. The van der Waals surface area contributed by atoms with Crippen LogP contribution < -0.4 is 16.3 Å². The summed E-state index contributed by atoms with van der Waals surface area (Å²) in [6, 6.07) is 13.4. The number of pyridine rings is 2. The molecular weight excluding hydrogens is 679 g/mol. The van der Waals surface area contributed by atoms with E-state index in [1.165, 1.54) is 15.2 Å². The molecule has 1 unspecified atom stereocenters. The van der Waals surface area contributed by atoms with E-state index in [-0.39, 0.29) is 47.8 Å². The van der Waals surface area contributed by atoms with Crippen molar-refractivity contribution in [3.8, 4) is 6.07 Å². The Hall–Kier alpha value is -5.75. The Labute approximate surface area is 303 Å². The molecule has 14 nitrogen and oxygen atoms in total. The van der Waals surface area contributed by atoms with Crippen molar-refractivity contribution in [1.29, 1.82) is 5.26 Å². The van der Waals surface area contributed by atoms with Crippen molar-refractivity contribution < 1.29 is 18.8 Å². The Kier molecular flexibility index (Phi) is 9.07. The quantitative estimate of drug-likeness (QED) is 0.235. The minimum atomic E-state index is -1.11. The molecule has 1 saturated carbocycles. The van der Waals surface area contributed by atoms with Crippen LogP contribution in [0, 0.1) is 17.2 Å². The second kappa shape index (κ2) is 14.0. The number of nitrogens with one attached hydrogen (secondary N) is 2. The molecule has 3 amide bonds. The van der Waals surface area contributed by atoms with Gasteiger partial charge in [0, 0.05) is 44.1 Å². The van der Waals surface area contributed by atoms with Gasteiger partial charge in [0.25, 0.3) is 5.91 Å². The van der Waals surface area contributed by atoms with E-state index < -0.39 is 24.0 Å². The fraction of sp³-hybridized carbons (Fsp3) is 0.421. The maximum atomic E-state index is 16.1. The van der Waals surface area contributed by atoms with E-state index in [1.807, 2.05) is 29.1 Å². The molecule has 2 aliphatic heterocycles. The number of carbonyl (C=O) groups is 3. The predicted octanol–water partition coefficient (Wildman–Crippen LogP) is 4.14. The molecular formula is C38H39FN10O4. The number of fused-ring (bicyclic) bond motifs is 2. The fourth-order valence-electron chi connectivity index (χ4n) is 8.44. The first-order valence-corrected chi connectivity index (χ1v) is 18.1. The number of carbonyl (C=O) groups excluding carboxylic acids is 3. The molecule has 53 heavy (non-hydrogen) atoms. The normalized spacial score (nSPS) is 23.9. The summed E-state index contributed by atoms with van der Waals surface area (Å²) in [4.78, 5) is 61.1. The molecule has 15 heteroatoms. The first kappa shape index (κ1) is 34.3. The van der Waals surface area contributed by atoms with Crippen LogP contribution in [-0.4, -0.2) is 77.3 Å². The molecule has 0 bridgehead atoms. The third kappa shape index (κ3) is 6.59. The maximum absolute atomic E-state index is 16.1. The molecule has 3 atom stereocenters. The monoisotopic (exact) mass is 718 g/mol. The number of halogens is 1. The minimum absolute atomic E-state index is 0.134. The summed E-state index contributed by atoms with van der Waals surface area (Å²) in [5.41, 5.74) is 2.68. The lowest BCUT2D eigenvalue weighted by Crippen LogP contribution is -2.44. The van der Waals surface area contributed by atoms with Gasteiger partial charge in [-0.05, 0) is 80.8 Å². The van der Waals surface area contributed by atoms with Gasteiger partial charge in [-0.3, -0.25) is 33.5 Å². The Morgan fingerprint density at radius 2 is 1.89 bits per heavy atom. The summed E-state index contributed by atoms with van der Waals surface area (Å²) in [6.45, 7) is 1.90. The molecule has 8 rings (SSSR count). The number of alkyl halides is 1. The SMILES string of the molecule is Cn1c(=O)n(C2CCC(=O)NC2=O)c2cccc([C@@H]3CCN(CC4CCC(n5cc6cc(NC(=O)c7cccc(C#N)n7)ncc6n5)CC4)C[C@@H]3F)c21. The maximum Gasteiger partial charge on any atom is 0.329 e. The second-order valence-electron chi connectivity index (χ2n) is 14.5. The minimum Gasteiger partial charge on any atom is -0.305 e. The standard InChI is InChI=1S/C38H39FN10O4/c1-46-35-27(5-3-7-31(35)49(38(46)53)32-12-13-34(50)44-37(32)52)26-14-15-47(21-28(26)39)19-22-8-10-25(11-9-22)48-20-23-16-33(41-18-30(23)45-48)43-36(51)29-6-2-4-24(17-40)42-29/h2-7,16,18,20,22,25-26,28,32H,8-15,19,21H2,1H3,(H,43,51)(H,44,50,52)/t22?,25?,26-,28-,32?/m0/s1. The van der Waals surface area contributed by atoms with E-state index in [0.29, 0.717) is 35.7 Å². The summed E-state index contributed by atoms with van der Waals surface area (Å²) in [5.74, 6) is -0.839. The summed E-state index contributed by atoms with van der Waals surface area (Å²) in [7, 11) is 1.66.